The Labute approximate surface area is 118 Å². The molecule has 0 saturated heterocycles. The van der Waals surface area contributed by atoms with Gasteiger partial charge in [0, 0.05) is 0 Å². The van der Waals surface area contributed by atoms with Gasteiger partial charge in [-0.1, -0.05) is 18.7 Å². The summed E-state index contributed by atoms with van der Waals surface area (Å²) in [5, 5.41) is -6.02. The van der Waals surface area contributed by atoms with Crippen molar-refractivity contribution in [1.82, 2.24) is 0 Å². The molecule has 22 heavy (non-hydrogen) atoms. The zero-order valence-corrected chi connectivity index (χ0v) is 10.8. The first-order valence-electron chi connectivity index (χ1n) is 4.91. The van der Waals surface area contributed by atoms with E-state index < -0.39 is 52.6 Å². The Hall–Kier alpha value is -0.560. The van der Waals surface area contributed by atoms with Crippen LogP contribution in [0.2, 0.25) is 0 Å². The molecule has 0 rings (SSSR count). The molecular formula is C8H5F13S. The summed E-state index contributed by atoms with van der Waals surface area (Å²) in [5.41, 5.74) is 0. The van der Waals surface area contributed by atoms with Crippen LogP contribution >= 0.6 is 11.8 Å². The number of halogens is 13. The van der Waals surface area contributed by atoms with Crippen LogP contribution < -0.4 is 0 Å². The van der Waals surface area contributed by atoms with Gasteiger partial charge in [0.25, 0.3) is 0 Å². The van der Waals surface area contributed by atoms with Crippen LogP contribution in [0.25, 0.3) is 0 Å². The van der Waals surface area contributed by atoms with E-state index in [1.807, 2.05) is 0 Å². The van der Waals surface area contributed by atoms with Crippen molar-refractivity contribution in [3.8, 4) is 0 Å². The Morgan fingerprint density at radius 3 is 1.14 bits per heavy atom. The van der Waals surface area contributed by atoms with Crippen molar-refractivity contribution in [2.24, 2.45) is 0 Å². The molecule has 0 aromatic rings. The molecule has 0 aromatic carbocycles. The molecule has 0 aliphatic carbocycles. The highest BCUT2D eigenvalue weighted by atomic mass is 32.2. The van der Waals surface area contributed by atoms with E-state index in [1.54, 1.807) is 0 Å². The minimum absolute atomic E-state index is 0.704. The topological polar surface area (TPSA) is 0 Å². The van der Waals surface area contributed by atoms with Gasteiger partial charge < -0.3 is 0 Å². The van der Waals surface area contributed by atoms with Gasteiger partial charge in [-0.3, -0.25) is 0 Å². The van der Waals surface area contributed by atoms with E-state index in [4.69, 9.17) is 0 Å². The first kappa shape index (κ1) is 21.4. The molecule has 0 amide bonds. The van der Waals surface area contributed by atoms with E-state index in [0.29, 0.717) is 6.92 Å². The third kappa shape index (κ3) is 2.82. The molecule has 0 radical (unpaired) electrons. The van der Waals surface area contributed by atoms with E-state index in [1.165, 1.54) is 0 Å². The molecule has 0 aliphatic heterocycles. The molecule has 0 atom stereocenters. The molecule has 0 nitrogen and oxygen atoms in total. The Morgan fingerprint density at radius 1 is 0.545 bits per heavy atom. The highest BCUT2D eigenvalue weighted by Crippen LogP contribution is 2.61. The Balaban J connectivity index is 6.11. The van der Waals surface area contributed by atoms with Gasteiger partial charge in [0.2, 0.25) is 0 Å². The summed E-state index contributed by atoms with van der Waals surface area (Å²) in [5.74, 6) is -31.4. The van der Waals surface area contributed by atoms with Crippen LogP contribution in [0.4, 0.5) is 57.1 Å². The van der Waals surface area contributed by atoms with Crippen molar-refractivity contribution in [3.05, 3.63) is 0 Å². The highest BCUT2D eigenvalue weighted by molar-refractivity contribution is 8.00. The fraction of sp³-hybridized carbons (Fsp3) is 1.00. The fourth-order valence-electron chi connectivity index (χ4n) is 1.03. The maximum atomic E-state index is 12.9. The summed E-state index contributed by atoms with van der Waals surface area (Å²) in [6, 6.07) is 0. The summed E-state index contributed by atoms with van der Waals surface area (Å²) in [7, 11) is 0. The normalized spacial score (nSPS) is 16.1. The first-order chi connectivity index (χ1) is 9.31. The monoisotopic (exact) mass is 380 g/mol. The van der Waals surface area contributed by atoms with Gasteiger partial charge in [0.15, 0.2) is 0 Å². The Kier molecular flexibility index (Phi) is 5.37. The van der Waals surface area contributed by atoms with E-state index in [9.17, 15) is 57.1 Å². The average molecular weight is 380 g/mol. The number of alkyl halides is 13. The van der Waals surface area contributed by atoms with E-state index in [-0.39, 0.29) is 0 Å². The zero-order chi connectivity index (χ0) is 18.4. The fourth-order valence-corrected chi connectivity index (χ4v) is 1.70. The van der Waals surface area contributed by atoms with Crippen molar-refractivity contribution in [2.75, 3.05) is 5.75 Å². The average Bonchev–Trinajstić information content (AvgIpc) is 2.26. The smallest absolute Gasteiger partial charge is 0.192 e. The van der Waals surface area contributed by atoms with Crippen molar-refractivity contribution >= 4 is 11.8 Å². The standard InChI is InChI=1S/C8H5F13S/c1-2-22-8(20,21)6(15,16)4(11,12)3(9,10)5(13,14)7(17,18)19/h2H2,1H3. The predicted octanol–water partition coefficient (Wildman–Crippen LogP) is 5.44. The third-order valence-electron chi connectivity index (χ3n) is 2.23. The molecule has 0 saturated carbocycles. The van der Waals surface area contributed by atoms with Gasteiger partial charge in [-0.15, -0.1) is 0 Å². The van der Waals surface area contributed by atoms with E-state index in [2.05, 4.69) is 0 Å². The van der Waals surface area contributed by atoms with Crippen LogP contribution in [0.3, 0.4) is 0 Å². The maximum Gasteiger partial charge on any atom is 0.460 e. The summed E-state index contributed by atoms with van der Waals surface area (Å²) in [6.45, 7) is 0.704. The van der Waals surface area contributed by atoms with Crippen molar-refractivity contribution in [2.45, 2.75) is 42.0 Å². The molecule has 0 spiro atoms. The molecular weight excluding hydrogens is 375 g/mol. The third-order valence-corrected chi connectivity index (χ3v) is 3.14. The second-order valence-corrected chi connectivity index (χ2v) is 5.12. The molecule has 0 fully saturated rings. The maximum absolute atomic E-state index is 12.9. The molecule has 0 aliphatic rings. The lowest BCUT2D eigenvalue weighted by Gasteiger charge is -2.39. The molecule has 0 aromatic heterocycles. The van der Waals surface area contributed by atoms with Crippen LogP contribution in [-0.2, 0) is 0 Å². The van der Waals surface area contributed by atoms with Gasteiger partial charge in [-0.05, 0) is 5.75 Å². The number of thioether (sulfide) groups is 1. The molecule has 0 bridgehead atoms. The molecule has 0 unspecified atom stereocenters. The van der Waals surface area contributed by atoms with Gasteiger partial charge in [-0.2, -0.15) is 57.1 Å². The second-order valence-electron chi connectivity index (χ2n) is 3.75. The Bertz CT molecular complexity index is 395. The van der Waals surface area contributed by atoms with Crippen LogP contribution in [0.1, 0.15) is 6.92 Å². The minimum Gasteiger partial charge on any atom is -0.192 e. The van der Waals surface area contributed by atoms with E-state index >= 15 is 0 Å². The molecule has 14 heteroatoms. The summed E-state index contributed by atoms with van der Waals surface area (Å²) in [6.07, 6.45) is -7.37. The van der Waals surface area contributed by atoms with Crippen LogP contribution in [0, 0.1) is 0 Å². The van der Waals surface area contributed by atoms with Crippen LogP contribution in [0.5, 0.6) is 0 Å². The lowest BCUT2D eigenvalue weighted by molar-refractivity contribution is -0.433. The van der Waals surface area contributed by atoms with E-state index in [0.717, 1.165) is 0 Å². The van der Waals surface area contributed by atoms with Gasteiger partial charge >= 0.3 is 35.1 Å². The van der Waals surface area contributed by atoms with Gasteiger partial charge in [-0.25, -0.2) is 0 Å². The predicted molar refractivity (Wildman–Crippen MR) is 48.9 cm³/mol. The lowest BCUT2D eigenvalue weighted by Crippen LogP contribution is -2.69. The molecule has 0 heterocycles. The van der Waals surface area contributed by atoms with Crippen LogP contribution in [0.15, 0.2) is 0 Å². The summed E-state index contributed by atoms with van der Waals surface area (Å²) < 4.78 is 162. The summed E-state index contributed by atoms with van der Waals surface area (Å²) >= 11 is -1.32. The number of hydrogen-bond donors (Lipinski definition) is 0. The second kappa shape index (κ2) is 5.51. The van der Waals surface area contributed by atoms with Crippen molar-refractivity contribution < 1.29 is 57.1 Å². The highest BCUT2D eigenvalue weighted by Gasteiger charge is 2.90. The van der Waals surface area contributed by atoms with Gasteiger partial charge in [0.05, 0.1) is 0 Å². The van der Waals surface area contributed by atoms with Crippen molar-refractivity contribution in [3.63, 3.8) is 0 Å². The summed E-state index contributed by atoms with van der Waals surface area (Å²) in [4.78, 5) is 0. The van der Waals surface area contributed by atoms with Crippen LogP contribution in [-0.4, -0.2) is 40.9 Å². The molecule has 0 N–H and O–H groups in total. The largest absolute Gasteiger partial charge is 0.460 e. The molecule has 134 valence electrons. The SMILES string of the molecule is CCSC(F)(F)C(F)(F)C(F)(F)C(F)(F)C(F)(F)C(F)(F)F. The minimum atomic E-state index is -7.82. The Morgan fingerprint density at radius 2 is 0.864 bits per heavy atom. The first-order valence-corrected chi connectivity index (χ1v) is 5.89. The lowest BCUT2D eigenvalue weighted by atomic mass is 9.98. The van der Waals surface area contributed by atoms with Crippen molar-refractivity contribution in [1.29, 1.82) is 0 Å². The zero-order valence-electron chi connectivity index (χ0n) is 10.0. The van der Waals surface area contributed by atoms with Gasteiger partial charge in [0.1, 0.15) is 0 Å². The number of hydrogen-bond acceptors (Lipinski definition) is 1. The number of rotatable bonds is 6. The quantitative estimate of drug-likeness (QED) is 0.554.